The van der Waals surface area contributed by atoms with Crippen molar-refractivity contribution in [3.05, 3.63) is 0 Å². The SMILES string of the molecule is CCCC(CC[Si](C)(C)C)CC(N)C1CCCCC1. The molecule has 0 aromatic heterocycles. The van der Waals surface area contributed by atoms with Crippen molar-refractivity contribution in [3.63, 3.8) is 0 Å². The molecule has 1 nitrogen and oxygen atoms in total. The van der Waals surface area contributed by atoms with E-state index < -0.39 is 8.07 Å². The first-order chi connectivity index (χ1) is 8.92. The van der Waals surface area contributed by atoms with Gasteiger partial charge in [-0.05, 0) is 31.1 Å². The zero-order valence-electron chi connectivity index (χ0n) is 13.9. The first kappa shape index (κ1) is 17.2. The molecule has 0 amide bonds. The second kappa shape index (κ2) is 8.46. The summed E-state index contributed by atoms with van der Waals surface area (Å²) >= 11 is 0. The molecule has 2 unspecified atom stereocenters. The standard InChI is InChI=1S/C17H37NSi/c1-5-9-15(12-13-19(2,3)4)14-17(18)16-10-7-6-8-11-16/h15-17H,5-14,18H2,1-4H3. The van der Waals surface area contributed by atoms with Crippen LogP contribution in [0.1, 0.15) is 64.7 Å². The second-order valence-electron chi connectivity index (χ2n) is 8.05. The molecule has 0 aromatic carbocycles. The first-order valence-electron chi connectivity index (χ1n) is 8.68. The summed E-state index contributed by atoms with van der Waals surface area (Å²) in [5.41, 5.74) is 6.53. The molecule has 1 fully saturated rings. The minimum Gasteiger partial charge on any atom is -0.327 e. The maximum atomic E-state index is 6.53. The Hall–Kier alpha value is 0.177. The van der Waals surface area contributed by atoms with Crippen LogP contribution in [0.15, 0.2) is 0 Å². The lowest BCUT2D eigenvalue weighted by molar-refractivity contribution is 0.260. The van der Waals surface area contributed by atoms with Crippen molar-refractivity contribution in [1.82, 2.24) is 0 Å². The molecule has 1 aliphatic rings. The van der Waals surface area contributed by atoms with E-state index in [4.69, 9.17) is 5.73 Å². The molecule has 1 saturated carbocycles. The van der Waals surface area contributed by atoms with Gasteiger partial charge in [0.25, 0.3) is 0 Å². The summed E-state index contributed by atoms with van der Waals surface area (Å²) in [5.74, 6) is 1.73. The highest BCUT2D eigenvalue weighted by molar-refractivity contribution is 6.76. The van der Waals surface area contributed by atoms with Gasteiger partial charge in [0.15, 0.2) is 0 Å². The predicted molar refractivity (Wildman–Crippen MR) is 90.3 cm³/mol. The molecule has 0 aromatic rings. The van der Waals surface area contributed by atoms with Crippen LogP contribution >= 0.6 is 0 Å². The van der Waals surface area contributed by atoms with Crippen LogP contribution in [0, 0.1) is 11.8 Å². The van der Waals surface area contributed by atoms with Gasteiger partial charge >= 0.3 is 0 Å². The van der Waals surface area contributed by atoms with Crippen LogP contribution in [-0.4, -0.2) is 14.1 Å². The summed E-state index contributed by atoms with van der Waals surface area (Å²) < 4.78 is 0. The lowest BCUT2D eigenvalue weighted by Crippen LogP contribution is -2.34. The highest BCUT2D eigenvalue weighted by Gasteiger charge is 2.24. The topological polar surface area (TPSA) is 26.0 Å². The van der Waals surface area contributed by atoms with Crippen molar-refractivity contribution in [2.75, 3.05) is 0 Å². The average Bonchev–Trinajstić information content (AvgIpc) is 2.36. The monoisotopic (exact) mass is 283 g/mol. The molecule has 0 saturated heterocycles. The molecule has 2 heteroatoms. The molecule has 114 valence electrons. The Bertz CT molecular complexity index is 228. The molecule has 0 heterocycles. The average molecular weight is 284 g/mol. The predicted octanol–water partition coefficient (Wildman–Crippen LogP) is 5.43. The number of hydrogen-bond donors (Lipinski definition) is 1. The van der Waals surface area contributed by atoms with Crippen molar-refractivity contribution in [2.24, 2.45) is 17.6 Å². The highest BCUT2D eigenvalue weighted by Crippen LogP contribution is 2.31. The smallest absolute Gasteiger partial charge is 0.0442 e. The Labute approximate surface area is 122 Å². The largest absolute Gasteiger partial charge is 0.327 e. The van der Waals surface area contributed by atoms with Gasteiger partial charge in [-0.1, -0.05) is 71.1 Å². The fourth-order valence-electron chi connectivity index (χ4n) is 3.57. The Morgan fingerprint density at radius 2 is 1.68 bits per heavy atom. The van der Waals surface area contributed by atoms with Crippen molar-refractivity contribution in [2.45, 2.75) is 96.4 Å². The third-order valence-corrected chi connectivity index (χ3v) is 6.65. The van der Waals surface area contributed by atoms with Gasteiger partial charge < -0.3 is 5.73 Å². The Kier molecular flexibility index (Phi) is 7.67. The summed E-state index contributed by atoms with van der Waals surface area (Å²) in [7, 11) is -0.880. The summed E-state index contributed by atoms with van der Waals surface area (Å²) in [6, 6.07) is 1.97. The third kappa shape index (κ3) is 7.50. The van der Waals surface area contributed by atoms with Crippen LogP contribution in [0.5, 0.6) is 0 Å². The van der Waals surface area contributed by atoms with Crippen LogP contribution in [0.4, 0.5) is 0 Å². The summed E-state index contributed by atoms with van der Waals surface area (Å²) in [4.78, 5) is 0. The number of rotatable bonds is 8. The van der Waals surface area contributed by atoms with E-state index in [0.29, 0.717) is 6.04 Å². The molecular weight excluding hydrogens is 246 g/mol. The van der Waals surface area contributed by atoms with E-state index in [0.717, 1.165) is 11.8 Å². The molecule has 0 bridgehead atoms. The number of hydrogen-bond acceptors (Lipinski definition) is 1. The molecule has 19 heavy (non-hydrogen) atoms. The molecule has 2 N–H and O–H groups in total. The fourth-order valence-corrected chi connectivity index (χ4v) is 4.84. The van der Waals surface area contributed by atoms with Gasteiger partial charge in [0.05, 0.1) is 0 Å². The van der Waals surface area contributed by atoms with E-state index in [9.17, 15) is 0 Å². The van der Waals surface area contributed by atoms with Crippen molar-refractivity contribution < 1.29 is 0 Å². The van der Waals surface area contributed by atoms with E-state index in [1.807, 2.05) is 0 Å². The molecule has 2 atom stereocenters. The van der Waals surface area contributed by atoms with Crippen LogP contribution in [0.3, 0.4) is 0 Å². The van der Waals surface area contributed by atoms with Crippen LogP contribution in [0.25, 0.3) is 0 Å². The molecule has 1 rings (SSSR count). The van der Waals surface area contributed by atoms with Gasteiger partial charge in [-0.25, -0.2) is 0 Å². The quantitative estimate of drug-likeness (QED) is 0.591. The minimum absolute atomic E-state index is 0.485. The summed E-state index contributed by atoms with van der Waals surface area (Å²) in [6.45, 7) is 9.82. The zero-order chi connectivity index (χ0) is 14.3. The van der Waals surface area contributed by atoms with E-state index in [1.54, 1.807) is 0 Å². The van der Waals surface area contributed by atoms with Gasteiger partial charge in [-0.2, -0.15) is 0 Å². The molecule has 0 spiro atoms. The summed E-state index contributed by atoms with van der Waals surface area (Å²) in [6.07, 6.45) is 12.5. The van der Waals surface area contributed by atoms with Gasteiger partial charge in [0, 0.05) is 14.1 Å². The zero-order valence-corrected chi connectivity index (χ0v) is 14.9. The van der Waals surface area contributed by atoms with Gasteiger partial charge in [0.1, 0.15) is 0 Å². The van der Waals surface area contributed by atoms with Crippen LogP contribution < -0.4 is 5.73 Å². The Morgan fingerprint density at radius 3 is 2.21 bits per heavy atom. The van der Waals surface area contributed by atoms with Crippen molar-refractivity contribution in [3.8, 4) is 0 Å². The normalized spacial score (nSPS) is 21.3. The second-order valence-corrected chi connectivity index (χ2v) is 13.7. The Morgan fingerprint density at radius 1 is 1.05 bits per heavy atom. The molecular formula is C17H37NSi. The lowest BCUT2D eigenvalue weighted by Gasteiger charge is -2.31. The van der Waals surface area contributed by atoms with Crippen molar-refractivity contribution in [1.29, 1.82) is 0 Å². The third-order valence-electron chi connectivity index (χ3n) is 4.86. The maximum absolute atomic E-state index is 6.53. The van der Waals surface area contributed by atoms with Crippen LogP contribution in [0.2, 0.25) is 25.7 Å². The highest BCUT2D eigenvalue weighted by atomic mass is 28.3. The van der Waals surface area contributed by atoms with Gasteiger partial charge in [-0.15, -0.1) is 0 Å². The van der Waals surface area contributed by atoms with Gasteiger partial charge in [0.2, 0.25) is 0 Å². The molecule has 0 radical (unpaired) electrons. The summed E-state index contributed by atoms with van der Waals surface area (Å²) in [5, 5.41) is 0. The Balaban J connectivity index is 2.38. The lowest BCUT2D eigenvalue weighted by atomic mass is 9.80. The van der Waals surface area contributed by atoms with Crippen molar-refractivity contribution >= 4 is 8.07 Å². The minimum atomic E-state index is -0.880. The van der Waals surface area contributed by atoms with E-state index in [-0.39, 0.29) is 0 Å². The van der Waals surface area contributed by atoms with Gasteiger partial charge in [-0.3, -0.25) is 0 Å². The van der Waals surface area contributed by atoms with E-state index in [1.165, 1.54) is 63.8 Å². The first-order valence-corrected chi connectivity index (χ1v) is 12.4. The number of nitrogens with two attached hydrogens (primary N) is 1. The van der Waals surface area contributed by atoms with E-state index >= 15 is 0 Å². The van der Waals surface area contributed by atoms with E-state index in [2.05, 4.69) is 26.6 Å². The molecule has 0 aliphatic heterocycles. The van der Waals surface area contributed by atoms with Crippen LogP contribution in [-0.2, 0) is 0 Å². The maximum Gasteiger partial charge on any atom is 0.0442 e. The molecule has 1 aliphatic carbocycles. The fraction of sp³-hybridized carbons (Fsp3) is 1.00.